The molecule has 0 unspecified atom stereocenters. The van der Waals surface area contributed by atoms with Crippen molar-refractivity contribution in [2.75, 3.05) is 5.75 Å². The Morgan fingerprint density at radius 1 is 1.32 bits per heavy atom. The van der Waals surface area contributed by atoms with Gasteiger partial charge < -0.3 is 5.32 Å². The quantitative estimate of drug-likeness (QED) is 0.702. The minimum Gasteiger partial charge on any atom is -0.352 e. The summed E-state index contributed by atoms with van der Waals surface area (Å²) in [7, 11) is 0. The molecule has 3 aromatic rings. The van der Waals surface area contributed by atoms with Crippen molar-refractivity contribution in [2.24, 2.45) is 11.8 Å². The monoisotopic (exact) mass is 374 g/mol. The molecule has 1 saturated carbocycles. The van der Waals surface area contributed by atoms with Crippen molar-refractivity contribution < 1.29 is 4.79 Å². The minimum atomic E-state index is 0.0900. The normalized spacial score (nSPS) is 24.0. The highest BCUT2D eigenvalue weighted by atomic mass is 32.2. The van der Waals surface area contributed by atoms with Crippen LogP contribution in [0.5, 0.6) is 0 Å². The van der Waals surface area contributed by atoms with E-state index in [1.54, 1.807) is 11.3 Å². The van der Waals surface area contributed by atoms with Crippen LogP contribution in [0.3, 0.4) is 0 Å². The predicted molar refractivity (Wildman–Crippen MR) is 103 cm³/mol. The van der Waals surface area contributed by atoms with Crippen LogP contribution in [0.25, 0.3) is 15.2 Å². The Hall–Kier alpha value is -1.60. The van der Waals surface area contributed by atoms with Crippen LogP contribution in [0.1, 0.15) is 33.1 Å². The number of thiazole rings is 1. The molecule has 1 aromatic carbocycles. The highest BCUT2D eigenvalue weighted by Crippen LogP contribution is 2.31. The molecule has 132 valence electrons. The van der Waals surface area contributed by atoms with Gasteiger partial charge in [0.2, 0.25) is 10.9 Å². The summed E-state index contributed by atoms with van der Waals surface area (Å²) in [5.41, 5.74) is 1.10. The van der Waals surface area contributed by atoms with Gasteiger partial charge >= 0.3 is 0 Å². The van der Waals surface area contributed by atoms with Gasteiger partial charge in [0.1, 0.15) is 0 Å². The van der Waals surface area contributed by atoms with Gasteiger partial charge in [0, 0.05) is 6.04 Å². The van der Waals surface area contributed by atoms with E-state index in [0.29, 0.717) is 23.6 Å². The van der Waals surface area contributed by atoms with Crippen molar-refractivity contribution in [3.63, 3.8) is 0 Å². The molecular formula is C18H22N4OS2. The van der Waals surface area contributed by atoms with Crippen molar-refractivity contribution in [2.45, 2.75) is 44.3 Å². The predicted octanol–water partition coefficient (Wildman–Crippen LogP) is 3.98. The van der Waals surface area contributed by atoms with Gasteiger partial charge in [0.25, 0.3) is 0 Å². The van der Waals surface area contributed by atoms with Crippen molar-refractivity contribution in [3.8, 4) is 0 Å². The number of aromatic nitrogens is 3. The topological polar surface area (TPSA) is 59.3 Å². The van der Waals surface area contributed by atoms with E-state index in [-0.39, 0.29) is 5.91 Å². The molecule has 0 saturated heterocycles. The minimum absolute atomic E-state index is 0.0900. The molecule has 0 bridgehead atoms. The molecule has 2 heterocycles. The molecular weight excluding hydrogens is 352 g/mol. The molecule has 1 fully saturated rings. The van der Waals surface area contributed by atoms with Crippen molar-refractivity contribution in [1.82, 2.24) is 19.9 Å². The molecule has 5 nitrogen and oxygen atoms in total. The first kappa shape index (κ1) is 16.8. The number of carbonyl (C=O) groups is 1. The fourth-order valence-electron chi connectivity index (χ4n) is 3.61. The first-order valence-corrected chi connectivity index (χ1v) is 10.6. The summed E-state index contributed by atoms with van der Waals surface area (Å²) in [4.78, 5) is 13.3. The molecule has 1 amide bonds. The lowest BCUT2D eigenvalue weighted by Crippen LogP contribution is -2.44. The van der Waals surface area contributed by atoms with Crippen LogP contribution in [0.2, 0.25) is 0 Å². The zero-order valence-corrected chi connectivity index (χ0v) is 16.1. The largest absolute Gasteiger partial charge is 0.352 e. The Balaban J connectivity index is 1.44. The second-order valence-corrected chi connectivity index (χ2v) is 8.85. The van der Waals surface area contributed by atoms with Gasteiger partial charge in [-0.05, 0) is 30.4 Å². The van der Waals surface area contributed by atoms with E-state index in [4.69, 9.17) is 0 Å². The second-order valence-electron chi connectivity index (χ2n) is 6.90. The molecule has 7 heteroatoms. The molecule has 1 aliphatic rings. The van der Waals surface area contributed by atoms with Crippen molar-refractivity contribution in [1.29, 1.82) is 0 Å². The van der Waals surface area contributed by atoms with Gasteiger partial charge in [0.15, 0.2) is 5.16 Å². The fraction of sp³-hybridized carbons (Fsp3) is 0.500. The maximum atomic E-state index is 12.4. The smallest absolute Gasteiger partial charge is 0.230 e. The average Bonchev–Trinajstić information content (AvgIpc) is 3.16. The van der Waals surface area contributed by atoms with E-state index in [9.17, 15) is 4.79 Å². The Morgan fingerprint density at radius 2 is 2.16 bits per heavy atom. The van der Waals surface area contributed by atoms with Gasteiger partial charge in [-0.15, -0.1) is 10.2 Å². The molecule has 3 atom stereocenters. The first-order chi connectivity index (χ1) is 12.1. The van der Waals surface area contributed by atoms with Gasteiger partial charge in [-0.25, -0.2) is 0 Å². The summed E-state index contributed by atoms with van der Waals surface area (Å²) in [5.74, 6) is 1.69. The average molecular weight is 375 g/mol. The van der Waals surface area contributed by atoms with Gasteiger partial charge in [-0.2, -0.15) is 0 Å². The third-order valence-electron chi connectivity index (χ3n) is 5.30. The van der Waals surface area contributed by atoms with E-state index in [2.05, 4.69) is 41.5 Å². The van der Waals surface area contributed by atoms with E-state index in [0.717, 1.165) is 22.1 Å². The van der Waals surface area contributed by atoms with Gasteiger partial charge in [-0.1, -0.05) is 61.9 Å². The number of nitrogens with zero attached hydrogens (tertiary/aromatic N) is 3. The lowest BCUT2D eigenvalue weighted by Gasteiger charge is -2.34. The Morgan fingerprint density at radius 3 is 3.04 bits per heavy atom. The van der Waals surface area contributed by atoms with E-state index in [1.807, 2.05) is 16.5 Å². The number of thioether (sulfide) groups is 1. The molecule has 0 aliphatic heterocycles. The van der Waals surface area contributed by atoms with Crippen molar-refractivity contribution in [3.05, 3.63) is 24.3 Å². The van der Waals surface area contributed by atoms with Gasteiger partial charge in [0.05, 0.1) is 16.0 Å². The number of fused-ring (bicyclic) bond motifs is 3. The van der Waals surface area contributed by atoms with Crippen LogP contribution in [0, 0.1) is 11.8 Å². The highest BCUT2D eigenvalue weighted by Gasteiger charge is 2.28. The highest BCUT2D eigenvalue weighted by molar-refractivity contribution is 7.99. The number of carbonyl (C=O) groups excluding carboxylic acids is 1. The fourth-order valence-corrected chi connectivity index (χ4v) is 5.39. The number of nitrogens with one attached hydrogen (secondary N) is 1. The lowest BCUT2D eigenvalue weighted by atomic mass is 9.78. The van der Waals surface area contributed by atoms with E-state index < -0.39 is 0 Å². The van der Waals surface area contributed by atoms with E-state index >= 15 is 0 Å². The Kier molecular flexibility index (Phi) is 4.69. The number of benzene rings is 1. The Labute approximate surface area is 155 Å². The van der Waals surface area contributed by atoms with Crippen LogP contribution in [-0.2, 0) is 4.79 Å². The maximum Gasteiger partial charge on any atom is 0.230 e. The Bertz CT molecular complexity index is 903. The number of hydrogen-bond acceptors (Lipinski definition) is 5. The van der Waals surface area contributed by atoms with Crippen LogP contribution in [-0.4, -0.2) is 32.3 Å². The molecule has 4 rings (SSSR count). The van der Waals surface area contributed by atoms with Gasteiger partial charge in [-0.3, -0.25) is 9.20 Å². The zero-order valence-electron chi connectivity index (χ0n) is 14.4. The molecule has 0 spiro atoms. The first-order valence-electron chi connectivity index (χ1n) is 8.78. The molecule has 1 N–H and O–H groups in total. The summed E-state index contributed by atoms with van der Waals surface area (Å²) in [5, 5.41) is 12.5. The van der Waals surface area contributed by atoms with Crippen LogP contribution in [0.15, 0.2) is 29.4 Å². The standard InChI is InChI=1S/C18H22N4OS2/c1-11-6-5-7-13(12(11)2)19-16(23)10-24-17-20-21-18-22(17)14-8-3-4-9-15(14)25-18/h3-4,8-9,11-13H,5-7,10H2,1-2H3,(H,19,23)/t11-,12+,13+/m1/s1. The third kappa shape index (κ3) is 3.27. The summed E-state index contributed by atoms with van der Waals surface area (Å²) in [6.07, 6.45) is 3.56. The summed E-state index contributed by atoms with van der Waals surface area (Å²) < 4.78 is 3.23. The van der Waals surface area contributed by atoms with Crippen LogP contribution < -0.4 is 5.32 Å². The number of para-hydroxylation sites is 1. The molecule has 0 radical (unpaired) electrons. The molecule has 1 aliphatic carbocycles. The lowest BCUT2D eigenvalue weighted by molar-refractivity contribution is -0.120. The van der Waals surface area contributed by atoms with Crippen molar-refractivity contribution >= 4 is 44.2 Å². The summed E-state index contributed by atoms with van der Waals surface area (Å²) in [6, 6.07) is 8.50. The number of amides is 1. The summed E-state index contributed by atoms with van der Waals surface area (Å²) >= 11 is 3.08. The number of hydrogen-bond donors (Lipinski definition) is 1. The number of rotatable bonds is 4. The zero-order chi connectivity index (χ0) is 17.4. The molecule has 25 heavy (non-hydrogen) atoms. The van der Waals surface area contributed by atoms with Crippen LogP contribution in [0.4, 0.5) is 0 Å². The van der Waals surface area contributed by atoms with E-state index in [1.165, 1.54) is 29.3 Å². The SMILES string of the molecule is C[C@H]1[C@H](C)CCC[C@@H]1NC(=O)CSc1nnc2sc3ccccc3n12. The second kappa shape index (κ2) is 6.96. The summed E-state index contributed by atoms with van der Waals surface area (Å²) in [6.45, 7) is 4.54. The van der Waals surface area contributed by atoms with Crippen LogP contribution >= 0.6 is 23.1 Å². The molecule has 2 aromatic heterocycles. The third-order valence-corrected chi connectivity index (χ3v) is 7.24. The maximum absolute atomic E-state index is 12.4.